The minimum Gasteiger partial charge on any atom is -0.424 e. The number of nitrogens with one attached hydrogen (secondary N) is 2. The van der Waals surface area contributed by atoms with Gasteiger partial charge in [-0.05, 0) is 49.1 Å². The average Bonchev–Trinajstić information content (AvgIpc) is 3.27. The number of hydrogen-bond acceptors (Lipinski definition) is 5. The maximum atomic E-state index is 7.01. The van der Waals surface area contributed by atoms with Gasteiger partial charge in [-0.1, -0.05) is 74.6 Å². The van der Waals surface area contributed by atoms with Crippen LogP contribution >= 0.6 is 0 Å². The molecule has 0 bridgehead atoms. The molecule has 0 amide bonds. The van der Waals surface area contributed by atoms with Crippen LogP contribution in [0.1, 0.15) is 61.4 Å². The first kappa shape index (κ1) is 23.5. The molecule has 5 rings (SSSR count). The minimum atomic E-state index is 0.121. The first-order valence-corrected chi connectivity index (χ1v) is 12.0. The number of nitrogens with zero attached hydrogens (tertiary/aromatic N) is 2. The van der Waals surface area contributed by atoms with Crippen LogP contribution in [0.5, 0.6) is 0 Å². The largest absolute Gasteiger partial charge is 0.424 e. The Bertz CT molecular complexity index is 1180. The zero-order valence-electron chi connectivity index (χ0n) is 19.7. The van der Waals surface area contributed by atoms with Crippen molar-refractivity contribution in [2.45, 2.75) is 51.5 Å². The van der Waals surface area contributed by atoms with Gasteiger partial charge in [-0.2, -0.15) is 4.98 Å². The zero-order valence-corrected chi connectivity index (χ0v) is 19.7. The summed E-state index contributed by atoms with van der Waals surface area (Å²) in [6.45, 7) is 2.07. The first-order valence-electron chi connectivity index (χ1n) is 12.0. The van der Waals surface area contributed by atoms with Crippen LogP contribution in [0.4, 0.5) is 6.01 Å². The molecule has 2 aromatic carbocycles. The van der Waals surface area contributed by atoms with Crippen molar-refractivity contribution < 1.29 is 4.42 Å². The number of oxazole rings is 1. The molecular formula is C28H33N5O. The van der Waals surface area contributed by atoms with Gasteiger partial charge in [0.25, 0.3) is 6.01 Å². The molecule has 1 aliphatic carbocycles. The highest BCUT2D eigenvalue weighted by molar-refractivity contribution is 5.94. The van der Waals surface area contributed by atoms with Gasteiger partial charge < -0.3 is 15.5 Å². The van der Waals surface area contributed by atoms with E-state index < -0.39 is 0 Å². The molecule has 6 heteroatoms. The third-order valence-electron chi connectivity index (χ3n) is 6.26. The number of aromatic nitrogens is 2. The van der Waals surface area contributed by atoms with Crippen LogP contribution in [0, 0.1) is 18.3 Å². The predicted molar refractivity (Wildman–Crippen MR) is 138 cm³/mol. The number of fused-ring (bicyclic) bond motifs is 1. The van der Waals surface area contributed by atoms with Crippen LogP contribution in [-0.2, 0) is 0 Å². The predicted octanol–water partition coefficient (Wildman–Crippen LogP) is 6.63. The molecule has 1 saturated carbocycles. The Kier molecular flexibility index (Phi) is 7.91. The minimum absolute atomic E-state index is 0.121. The SMILES string of the molecule is Cc1ccc2oc(NC(CC3CCCCC3)c3ccccn3)nc2c1.N=C(N)c1ccccc1. The second-order valence-electron chi connectivity index (χ2n) is 8.96. The number of nitrogens with two attached hydrogens (primary N) is 1. The monoisotopic (exact) mass is 455 g/mol. The molecule has 34 heavy (non-hydrogen) atoms. The summed E-state index contributed by atoms with van der Waals surface area (Å²) >= 11 is 0. The molecular weight excluding hydrogens is 422 g/mol. The Morgan fingerprint density at radius 1 is 1.06 bits per heavy atom. The van der Waals surface area contributed by atoms with Crippen molar-refractivity contribution in [2.75, 3.05) is 5.32 Å². The summed E-state index contributed by atoms with van der Waals surface area (Å²) in [5.41, 5.74) is 9.95. The Labute approximate surface area is 201 Å². The fourth-order valence-electron chi connectivity index (χ4n) is 4.46. The molecule has 0 spiro atoms. The summed E-state index contributed by atoms with van der Waals surface area (Å²) in [5.74, 6) is 0.871. The van der Waals surface area contributed by atoms with E-state index in [1.165, 1.54) is 37.7 Å². The molecule has 1 aliphatic rings. The number of benzene rings is 2. The molecule has 2 aromatic heterocycles. The Morgan fingerprint density at radius 3 is 2.50 bits per heavy atom. The van der Waals surface area contributed by atoms with Gasteiger partial charge in [0.1, 0.15) is 11.4 Å². The normalized spacial score (nSPS) is 14.7. The maximum Gasteiger partial charge on any atom is 0.296 e. The molecule has 0 saturated heterocycles. The summed E-state index contributed by atoms with van der Waals surface area (Å²) in [4.78, 5) is 9.20. The van der Waals surface area contributed by atoms with Gasteiger partial charge in [0, 0.05) is 11.8 Å². The van der Waals surface area contributed by atoms with E-state index in [9.17, 15) is 0 Å². The Morgan fingerprint density at radius 2 is 1.82 bits per heavy atom. The van der Waals surface area contributed by atoms with Gasteiger partial charge >= 0.3 is 0 Å². The molecule has 0 aliphatic heterocycles. The Hall–Kier alpha value is -3.67. The van der Waals surface area contributed by atoms with E-state index in [0.717, 1.165) is 34.7 Å². The van der Waals surface area contributed by atoms with Crippen LogP contribution in [0.25, 0.3) is 11.1 Å². The zero-order chi connectivity index (χ0) is 23.8. The van der Waals surface area contributed by atoms with E-state index in [1.807, 2.05) is 54.7 Å². The number of pyridine rings is 1. The van der Waals surface area contributed by atoms with Crippen LogP contribution in [0.2, 0.25) is 0 Å². The number of aryl methyl sites for hydroxylation is 1. The highest BCUT2D eigenvalue weighted by atomic mass is 16.4. The van der Waals surface area contributed by atoms with E-state index >= 15 is 0 Å². The van der Waals surface area contributed by atoms with Crippen molar-refractivity contribution in [1.82, 2.24) is 9.97 Å². The van der Waals surface area contributed by atoms with Gasteiger partial charge in [-0.15, -0.1) is 0 Å². The molecule has 4 aromatic rings. The van der Waals surface area contributed by atoms with Crippen molar-refractivity contribution >= 4 is 22.9 Å². The third kappa shape index (κ3) is 6.44. The molecule has 0 radical (unpaired) electrons. The van der Waals surface area contributed by atoms with Crippen molar-refractivity contribution in [2.24, 2.45) is 11.7 Å². The number of anilines is 1. The second-order valence-corrected chi connectivity index (χ2v) is 8.96. The van der Waals surface area contributed by atoms with Crippen LogP contribution in [0.3, 0.4) is 0 Å². The lowest BCUT2D eigenvalue weighted by molar-refractivity contribution is 0.322. The molecule has 176 valence electrons. The van der Waals surface area contributed by atoms with Gasteiger partial charge in [0.2, 0.25) is 0 Å². The number of nitrogen functional groups attached to an aromatic ring is 1. The highest BCUT2D eigenvalue weighted by Gasteiger charge is 2.22. The Balaban J connectivity index is 0.000000257. The second kappa shape index (κ2) is 11.5. The van der Waals surface area contributed by atoms with Gasteiger partial charge in [-0.3, -0.25) is 10.4 Å². The molecule has 6 nitrogen and oxygen atoms in total. The van der Waals surface area contributed by atoms with Crippen molar-refractivity contribution in [3.05, 3.63) is 89.7 Å². The lowest BCUT2D eigenvalue weighted by atomic mass is 9.84. The standard InChI is InChI=1S/C21H25N3O.C7H8N2/c1-15-10-11-20-19(13-15)24-21(25-20)23-18(17-9-5-6-12-22-17)14-16-7-3-2-4-8-16;8-7(9)6-4-2-1-3-5-6/h5-6,9-13,16,18H,2-4,7-8,14H2,1H3,(H,23,24);1-5H,(H3,8,9). The van der Waals surface area contributed by atoms with E-state index in [0.29, 0.717) is 6.01 Å². The van der Waals surface area contributed by atoms with E-state index in [-0.39, 0.29) is 11.9 Å². The van der Waals surface area contributed by atoms with Crippen LogP contribution in [0.15, 0.2) is 77.3 Å². The van der Waals surface area contributed by atoms with Crippen LogP contribution in [-0.4, -0.2) is 15.8 Å². The van der Waals surface area contributed by atoms with Crippen molar-refractivity contribution in [3.8, 4) is 0 Å². The number of amidine groups is 1. The van der Waals surface area contributed by atoms with Crippen molar-refractivity contribution in [1.29, 1.82) is 5.41 Å². The van der Waals surface area contributed by atoms with Gasteiger partial charge in [-0.25, -0.2) is 0 Å². The van der Waals surface area contributed by atoms with Gasteiger partial charge in [0.15, 0.2) is 5.58 Å². The summed E-state index contributed by atoms with van der Waals surface area (Å²) in [6, 6.07) is 22.1. The molecule has 4 N–H and O–H groups in total. The molecule has 1 fully saturated rings. The van der Waals surface area contributed by atoms with E-state index in [1.54, 1.807) is 0 Å². The summed E-state index contributed by atoms with van der Waals surface area (Å²) in [5, 5.41) is 10.5. The maximum absolute atomic E-state index is 7.01. The molecule has 1 atom stereocenters. The summed E-state index contributed by atoms with van der Waals surface area (Å²) in [6.07, 6.45) is 9.65. The van der Waals surface area contributed by atoms with Crippen LogP contribution < -0.4 is 11.1 Å². The summed E-state index contributed by atoms with van der Waals surface area (Å²) < 4.78 is 5.91. The topological polar surface area (TPSA) is 101 Å². The smallest absolute Gasteiger partial charge is 0.296 e. The van der Waals surface area contributed by atoms with Crippen molar-refractivity contribution in [3.63, 3.8) is 0 Å². The fourth-order valence-corrected chi connectivity index (χ4v) is 4.46. The lowest BCUT2D eigenvalue weighted by Gasteiger charge is -2.26. The number of hydrogen-bond donors (Lipinski definition) is 3. The first-order chi connectivity index (χ1) is 16.6. The average molecular weight is 456 g/mol. The molecule has 2 heterocycles. The number of rotatable bonds is 6. The van der Waals surface area contributed by atoms with Gasteiger partial charge in [0.05, 0.1) is 11.7 Å². The third-order valence-corrected chi connectivity index (χ3v) is 6.26. The summed E-state index contributed by atoms with van der Waals surface area (Å²) in [7, 11) is 0. The quantitative estimate of drug-likeness (QED) is 0.224. The molecule has 1 unspecified atom stereocenters. The lowest BCUT2D eigenvalue weighted by Crippen LogP contribution is -2.18. The highest BCUT2D eigenvalue weighted by Crippen LogP contribution is 2.33. The van der Waals surface area contributed by atoms with E-state index in [4.69, 9.17) is 15.6 Å². The fraction of sp³-hybridized carbons (Fsp3) is 0.321. The van der Waals surface area contributed by atoms with E-state index in [2.05, 4.69) is 40.4 Å².